The van der Waals surface area contributed by atoms with Crippen molar-refractivity contribution in [2.75, 3.05) is 38.4 Å². The Bertz CT molecular complexity index is 1900. The van der Waals surface area contributed by atoms with E-state index < -0.39 is 81.2 Å². The Morgan fingerprint density at radius 3 is 1.92 bits per heavy atom. The van der Waals surface area contributed by atoms with E-state index in [2.05, 4.69) is 10.6 Å². The zero-order valence-electron chi connectivity index (χ0n) is 27.3. The van der Waals surface area contributed by atoms with E-state index >= 15 is 4.79 Å². The predicted molar refractivity (Wildman–Crippen MR) is 178 cm³/mol. The molecular formula is C33H36N6O8S2. The Kier molecular flexibility index (Phi) is 6.04. The molecule has 2 bridgehead atoms. The number of likely N-dealkylation sites (N-methyl/N-ethyl adjacent to an activating group) is 2. The number of hydrogen-bond acceptors (Lipinski definition) is 12. The monoisotopic (exact) mass is 708 g/mol. The number of amides is 4. The van der Waals surface area contributed by atoms with E-state index in [1.54, 1.807) is 49.5 Å². The molecule has 16 heteroatoms. The highest BCUT2D eigenvalue weighted by Crippen LogP contribution is 2.76. The van der Waals surface area contributed by atoms with Gasteiger partial charge in [0.25, 0.3) is 29.4 Å². The number of methoxy groups -OCH3 is 1. The fourth-order valence-electron chi connectivity index (χ4n) is 10.5. The summed E-state index contributed by atoms with van der Waals surface area (Å²) in [7, 11) is 6.58. The van der Waals surface area contributed by atoms with Crippen LogP contribution in [0.15, 0.2) is 48.5 Å². The van der Waals surface area contributed by atoms with E-state index in [-0.39, 0.29) is 11.8 Å². The molecule has 1 spiro atoms. The number of carbonyl (C=O) groups is 4. The van der Waals surface area contributed by atoms with Crippen molar-refractivity contribution in [3.05, 3.63) is 59.7 Å². The number of piperazine rings is 2. The number of aliphatic hydroxyl groups is 3. The minimum Gasteiger partial charge on any atom is -0.394 e. The second kappa shape index (κ2) is 9.41. The fourth-order valence-corrected chi connectivity index (χ4v) is 14.7. The van der Waals surface area contributed by atoms with Crippen molar-refractivity contribution in [3.8, 4) is 0 Å². The number of benzene rings is 2. The van der Waals surface area contributed by atoms with Gasteiger partial charge in [-0.1, -0.05) is 61.0 Å². The van der Waals surface area contributed by atoms with Gasteiger partial charge in [0, 0.05) is 32.6 Å². The Labute approximate surface area is 289 Å². The fraction of sp³-hybridized carbons (Fsp3) is 0.515. The van der Waals surface area contributed by atoms with Crippen LogP contribution in [0.5, 0.6) is 0 Å². The summed E-state index contributed by atoms with van der Waals surface area (Å²) < 4.78 is 6.03. The lowest BCUT2D eigenvalue weighted by atomic mass is 9.51. The van der Waals surface area contributed by atoms with Crippen LogP contribution in [0.25, 0.3) is 0 Å². The van der Waals surface area contributed by atoms with Crippen molar-refractivity contribution in [2.45, 2.75) is 70.7 Å². The molecular weight excluding hydrogens is 673 g/mol. The van der Waals surface area contributed by atoms with Crippen LogP contribution in [-0.4, -0.2) is 132 Å². The molecule has 0 aromatic heterocycles. The first-order valence-corrected chi connectivity index (χ1v) is 18.3. The molecule has 2 aromatic rings. The molecule has 0 radical (unpaired) electrons. The lowest BCUT2D eigenvalue weighted by Crippen LogP contribution is -2.79. The Morgan fingerprint density at radius 1 is 0.816 bits per heavy atom. The van der Waals surface area contributed by atoms with Crippen LogP contribution in [0.2, 0.25) is 0 Å². The van der Waals surface area contributed by atoms with Gasteiger partial charge in [0.05, 0.1) is 17.4 Å². The Morgan fingerprint density at radius 2 is 1.37 bits per heavy atom. The summed E-state index contributed by atoms with van der Waals surface area (Å²) in [5, 5.41) is 43.9. The van der Waals surface area contributed by atoms with Gasteiger partial charge in [0.1, 0.15) is 30.6 Å². The highest BCUT2D eigenvalue weighted by molar-refractivity contribution is 8.78. The second-order valence-electron chi connectivity index (χ2n) is 14.2. The Hall–Kier alpha value is -3.54. The molecule has 0 saturated carbocycles. The van der Waals surface area contributed by atoms with E-state index in [1.807, 2.05) is 19.9 Å². The van der Waals surface area contributed by atoms with E-state index in [4.69, 9.17) is 4.74 Å². The van der Waals surface area contributed by atoms with Crippen LogP contribution in [0.3, 0.4) is 0 Å². The van der Waals surface area contributed by atoms with Gasteiger partial charge < -0.3 is 40.5 Å². The van der Waals surface area contributed by atoms with Crippen molar-refractivity contribution >= 4 is 56.6 Å². The summed E-state index contributed by atoms with van der Waals surface area (Å²) >= 11 is 0. The summed E-state index contributed by atoms with van der Waals surface area (Å²) in [5.74, 6) is -2.59. The number of anilines is 2. The summed E-state index contributed by atoms with van der Waals surface area (Å²) in [6.07, 6.45) is -5.95. The molecule has 8 aliphatic rings. The largest absolute Gasteiger partial charge is 0.394 e. The lowest BCUT2D eigenvalue weighted by molar-refractivity contribution is -0.218. The number of fused-ring (bicyclic) bond motifs is 11. The molecule has 2 aromatic carbocycles. The Balaban J connectivity index is 1.42. The number of aliphatic hydroxyl groups excluding tert-OH is 3. The molecule has 1 unspecified atom stereocenters. The first-order valence-electron chi connectivity index (χ1n) is 16.2. The van der Waals surface area contributed by atoms with E-state index in [1.165, 1.54) is 39.7 Å². The van der Waals surface area contributed by atoms with Crippen molar-refractivity contribution in [1.29, 1.82) is 0 Å². The highest BCUT2D eigenvalue weighted by atomic mass is 33.1. The summed E-state index contributed by atoms with van der Waals surface area (Å²) in [6, 6.07) is 13.0. The molecule has 0 aliphatic carbocycles. The quantitative estimate of drug-likeness (QED) is 0.267. The summed E-state index contributed by atoms with van der Waals surface area (Å²) in [5.41, 5.74) is -3.85. The average Bonchev–Trinajstić information content (AvgIpc) is 3.74. The zero-order valence-corrected chi connectivity index (χ0v) is 28.9. The maximum absolute atomic E-state index is 15.1. The standard InChI is InChI=1S/C33H36N6O8S2/c1-15(2)32-28(46)39-25-30(17-11-7-9-13-19(17)35-25,23(43)33(39,49-48-32)27(45)37(32)4)29-16-10-6-8-12-18(16)34-24(29)38-21(41)20(14-40)36(3)26(44)31(38,47-5)22(29)42/h6-13,15,20,22-25,34-35,40,42-43H,14H2,1-5H3/t20-,22-,23-,24-,25+,29-,30?,31-,32-,33-/m0/s1. The number of nitrogens with zero attached hydrogens (tertiary/aromatic N) is 4. The summed E-state index contributed by atoms with van der Waals surface area (Å²) in [6.45, 7) is 3.07. The van der Waals surface area contributed by atoms with Gasteiger partial charge in [0.15, 0.2) is 4.87 Å². The molecule has 5 N–H and O–H groups in total. The normalized spacial score (nSPS) is 42.6. The van der Waals surface area contributed by atoms with Gasteiger partial charge in [0.2, 0.25) is 4.87 Å². The molecule has 8 aliphatic heterocycles. The predicted octanol–water partition coefficient (Wildman–Crippen LogP) is -0.137. The molecule has 49 heavy (non-hydrogen) atoms. The number of para-hydroxylation sites is 2. The summed E-state index contributed by atoms with van der Waals surface area (Å²) in [4.78, 5) is 61.0. The third kappa shape index (κ3) is 2.79. The van der Waals surface area contributed by atoms with Crippen molar-refractivity contribution < 1.29 is 39.2 Å². The van der Waals surface area contributed by atoms with Gasteiger partial charge in [-0.3, -0.25) is 29.0 Å². The first kappa shape index (κ1) is 31.4. The lowest BCUT2D eigenvalue weighted by Gasteiger charge is -2.60. The zero-order chi connectivity index (χ0) is 34.8. The first-order chi connectivity index (χ1) is 23.3. The van der Waals surface area contributed by atoms with Crippen LogP contribution in [0, 0.1) is 5.92 Å². The van der Waals surface area contributed by atoms with E-state index in [9.17, 15) is 29.7 Å². The minimum atomic E-state index is -2.32. The van der Waals surface area contributed by atoms with Crippen molar-refractivity contribution in [1.82, 2.24) is 19.6 Å². The van der Waals surface area contributed by atoms with Gasteiger partial charge in [-0.15, -0.1) is 0 Å². The van der Waals surface area contributed by atoms with Crippen molar-refractivity contribution in [3.63, 3.8) is 0 Å². The maximum atomic E-state index is 15.1. The molecule has 4 amide bonds. The highest BCUT2D eigenvalue weighted by Gasteiger charge is 2.92. The SMILES string of the molecule is CO[C@@]12C(=O)N(C)[C@@H](CO)C(=O)N1[C@@H]1Nc3ccccc3[C@]1(C13c4ccccc4N[C@@H]1N1C(=O)[C@]4(C(C)C)SS[C@]1(C(=O)N4C)[C@H]3O)[C@@H]2O. The molecule has 14 nitrogen and oxygen atoms in total. The second-order valence-corrected chi connectivity index (χ2v) is 16.8. The smallest absolute Gasteiger partial charge is 0.279 e. The van der Waals surface area contributed by atoms with Gasteiger partial charge >= 0.3 is 0 Å². The van der Waals surface area contributed by atoms with Gasteiger partial charge in [-0.05, 0) is 40.0 Å². The number of rotatable bonds is 4. The van der Waals surface area contributed by atoms with Crippen molar-refractivity contribution in [2.24, 2.45) is 5.92 Å². The minimum absolute atomic E-state index is 0.315. The average molecular weight is 709 g/mol. The molecule has 10 atom stereocenters. The maximum Gasteiger partial charge on any atom is 0.279 e. The number of nitrogens with one attached hydrogen (secondary N) is 2. The molecule has 10 rings (SSSR count). The van der Waals surface area contributed by atoms with Gasteiger partial charge in [-0.2, -0.15) is 0 Å². The topological polar surface area (TPSA) is 175 Å². The van der Waals surface area contributed by atoms with Crippen LogP contribution in [-0.2, 0) is 34.7 Å². The number of carbonyl (C=O) groups excluding carboxylic acids is 4. The molecule has 258 valence electrons. The molecule has 8 heterocycles. The third-order valence-electron chi connectivity index (χ3n) is 12.5. The van der Waals surface area contributed by atoms with E-state index in [0.29, 0.717) is 22.5 Å². The van der Waals surface area contributed by atoms with Crippen LogP contribution in [0.1, 0.15) is 25.0 Å². The van der Waals surface area contributed by atoms with Gasteiger partial charge in [-0.25, -0.2) is 0 Å². The third-order valence-corrected chi connectivity index (χ3v) is 16.4. The van der Waals surface area contributed by atoms with Crippen LogP contribution in [0.4, 0.5) is 11.4 Å². The number of hydrogen-bond donors (Lipinski definition) is 5. The van der Waals surface area contributed by atoms with E-state index in [0.717, 1.165) is 15.7 Å². The van der Waals surface area contributed by atoms with Crippen LogP contribution >= 0.6 is 21.6 Å². The molecule has 6 saturated heterocycles. The molecule has 6 fully saturated rings. The van der Waals surface area contributed by atoms with Crippen LogP contribution < -0.4 is 10.6 Å². The number of ether oxygens (including phenoxy) is 1.